The van der Waals surface area contributed by atoms with Crippen LogP contribution in [0.2, 0.25) is 0 Å². The number of benzene rings is 1. The highest BCUT2D eigenvalue weighted by molar-refractivity contribution is 7.91. The Labute approximate surface area is 154 Å². The van der Waals surface area contributed by atoms with E-state index in [9.17, 15) is 26.4 Å². The molecule has 1 heterocycles. The summed E-state index contributed by atoms with van der Waals surface area (Å²) in [6.07, 6.45) is 1.17. The van der Waals surface area contributed by atoms with E-state index in [0.29, 0.717) is 0 Å². The van der Waals surface area contributed by atoms with E-state index in [4.69, 9.17) is 5.26 Å². The number of carbonyl (C=O) groups is 1. The Balaban J connectivity index is 2.25. The summed E-state index contributed by atoms with van der Waals surface area (Å²) in [5, 5.41) is 11.3. The molecule has 2 aromatic rings. The normalized spacial score (nSPS) is 11.4. The second-order valence-electron chi connectivity index (χ2n) is 5.89. The molecule has 144 valence electrons. The van der Waals surface area contributed by atoms with Gasteiger partial charge in [-0.05, 0) is 24.3 Å². The maximum atomic E-state index is 13.3. The Kier molecular flexibility index (Phi) is 6.28. The molecule has 0 aliphatic carbocycles. The number of halogens is 3. The predicted molar refractivity (Wildman–Crippen MR) is 92.0 cm³/mol. The number of hydrogen-bond donors (Lipinski definition) is 1. The van der Waals surface area contributed by atoms with Gasteiger partial charge in [0.25, 0.3) is 5.91 Å². The molecule has 1 aromatic carbocycles. The quantitative estimate of drug-likeness (QED) is 0.775. The summed E-state index contributed by atoms with van der Waals surface area (Å²) >= 11 is 0. The summed E-state index contributed by atoms with van der Waals surface area (Å²) < 4.78 is 64.4. The zero-order valence-corrected chi connectivity index (χ0v) is 15.1. The average Bonchev–Trinajstić information content (AvgIpc) is 3.04. The number of amides is 1. The Morgan fingerprint density at radius 1 is 1.30 bits per heavy atom. The monoisotopic (exact) mass is 399 g/mol. The fourth-order valence-electron chi connectivity index (χ4n) is 2.35. The number of alkyl halides is 2. The zero-order valence-electron chi connectivity index (χ0n) is 14.2. The van der Waals surface area contributed by atoms with Crippen LogP contribution >= 0.6 is 0 Å². The van der Waals surface area contributed by atoms with Crippen LogP contribution in [0.4, 0.5) is 18.9 Å². The fourth-order valence-corrected chi connectivity index (χ4v) is 3.95. The van der Waals surface area contributed by atoms with Crippen molar-refractivity contribution in [1.82, 2.24) is 4.57 Å². The molecular formula is C17H16F3N3O3S. The highest BCUT2D eigenvalue weighted by Crippen LogP contribution is 2.20. The molecule has 2 rings (SSSR count). The third kappa shape index (κ3) is 4.68. The standard InChI is InChI=1S/C17H16F3N3O3S/c1-23-9-14(27(25,26)10-11(6-18)7-19)5-16(23)17(24)22-13-2-3-15(20)12(4-13)8-21/h2-5,9,11H,6-7,10H2,1H3,(H,22,24). The van der Waals surface area contributed by atoms with E-state index in [1.807, 2.05) is 0 Å². The first-order chi connectivity index (χ1) is 12.7. The molecule has 1 N–H and O–H groups in total. The Morgan fingerprint density at radius 2 is 1.96 bits per heavy atom. The van der Waals surface area contributed by atoms with Gasteiger partial charge in [-0.1, -0.05) is 0 Å². The van der Waals surface area contributed by atoms with Crippen LogP contribution in [-0.2, 0) is 16.9 Å². The van der Waals surface area contributed by atoms with Crippen LogP contribution in [0.1, 0.15) is 16.1 Å². The van der Waals surface area contributed by atoms with Gasteiger partial charge >= 0.3 is 0 Å². The van der Waals surface area contributed by atoms with Gasteiger partial charge in [-0.15, -0.1) is 0 Å². The van der Waals surface area contributed by atoms with Crippen molar-refractivity contribution in [3.8, 4) is 6.07 Å². The zero-order chi connectivity index (χ0) is 20.2. The highest BCUT2D eigenvalue weighted by atomic mass is 32.2. The molecule has 6 nitrogen and oxygen atoms in total. The van der Waals surface area contributed by atoms with Gasteiger partial charge < -0.3 is 9.88 Å². The Hall–Kier alpha value is -2.80. The number of rotatable bonds is 7. The van der Waals surface area contributed by atoms with E-state index in [0.717, 1.165) is 18.2 Å². The molecule has 0 radical (unpaired) electrons. The topological polar surface area (TPSA) is 92.0 Å². The molecule has 0 aliphatic heterocycles. The number of nitrogens with one attached hydrogen (secondary N) is 1. The molecule has 0 saturated carbocycles. The van der Waals surface area contributed by atoms with E-state index in [1.54, 1.807) is 6.07 Å². The maximum absolute atomic E-state index is 13.3. The minimum absolute atomic E-state index is 0.0338. The lowest BCUT2D eigenvalue weighted by molar-refractivity contribution is 0.101. The molecule has 0 aliphatic rings. The lowest BCUT2D eigenvalue weighted by Crippen LogP contribution is -2.19. The van der Waals surface area contributed by atoms with Crippen LogP contribution in [0.15, 0.2) is 35.4 Å². The van der Waals surface area contributed by atoms with Crippen LogP contribution in [0.25, 0.3) is 0 Å². The number of sulfone groups is 1. The molecule has 0 saturated heterocycles. The van der Waals surface area contributed by atoms with Gasteiger partial charge in [-0.3, -0.25) is 13.6 Å². The summed E-state index contributed by atoms with van der Waals surface area (Å²) in [5.41, 5.74) is -0.140. The summed E-state index contributed by atoms with van der Waals surface area (Å²) in [6, 6.07) is 6.14. The van der Waals surface area contributed by atoms with Gasteiger partial charge in [-0.25, -0.2) is 12.8 Å². The van der Waals surface area contributed by atoms with Crippen molar-refractivity contribution < 1.29 is 26.4 Å². The first-order valence-corrected chi connectivity index (χ1v) is 9.39. The number of nitriles is 1. The van der Waals surface area contributed by atoms with Crippen LogP contribution in [-0.4, -0.2) is 38.0 Å². The van der Waals surface area contributed by atoms with Crippen molar-refractivity contribution in [2.24, 2.45) is 13.0 Å². The molecule has 1 aromatic heterocycles. The highest BCUT2D eigenvalue weighted by Gasteiger charge is 2.25. The second kappa shape index (κ2) is 8.26. The third-order valence-corrected chi connectivity index (χ3v) is 5.66. The van der Waals surface area contributed by atoms with Gasteiger partial charge in [-0.2, -0.15) is 5.26 Å². The predicted octanol–water partition coefficient (Wildman–Crippen LogP) is 2.62. The molecule has 0 bridgehead atoms. The SMILES string of the molecule is Cn1cc(S(=O)(=O)CC(CF)CF)cc1C(=O)Nc1ccc(F)c(C#N)c1. The lowest BCUT2D eigenvalue weighted by atomic mass is 10.2. The minimum Gasteiger partial charge on any atom is -0.345 e. The first kappa shape index (κ1) is 20.5. The smallest absolute Gasteiger partial charge is 0.272 e. The maximum Gasteiger partial charge on any atom is 0.272 e. The third-order valence-electron chi connectivity index (χ3n) is 3.81. The molecule has 0 fully saturated rings. The second-order valence-corrected chi connectivity index (χ2v) is 7.92. The molecule has 0 unspecified atom stereocenters. The van der Waals surface area contributed by atoms with E-state index < -0.39 is 46.6 Å². The summed E-state index contributed by atoms with van der Waals surface area (Å²) in [5.74, 6) is -3.41. The van der Waals surface area contributed by atoms with Crippen molar-refractivity contribution in [2.45, 2.75) is 4.90 Å². The van der Waals surface area contributed by atoms with Crippen molar-refractivity contribution >= 4 is 21.4 Å². The van der Waals surface area contributed by atoms with E-state index in [-0.39, 0.29) is 21.8 Å². The first-order valence-electron chi connectivity index (χ1n) is 7.74. The van der Waals surface area contributed by atoms with Crippen LogP contribution in [0, 0.1) is 23.1 Å². The van der Waals surface area contributed by atoms with Crippen molar-refractivity contribution in [2.75, 3.05) is 24.4 Å². The van der Waals surface area contributed by atoms with Gasteiger partial charge in [0.1, 0.15) is 17.6 Å². The summed E-state index contributed by atoms with van der Waals surface area (Å²) in [7, 11) is -2.55. The molecule has 0 atom stereocenters. The number of aryl methyl sites for hydroxylation is 1. The number of nitrogens with zero attached hydrogens (tertiary/aromatic N) is 2. The van der Waals surface area contributed by atoms with Crippen LogP contribution < -0.4 is 5.32 Å². The van der Waals surface area contributed by atoms with Crippen LogP contribution in [0.5, 0.6) is 0 Å². The minimum atomic E-state index is -3.98. The lowest BCUT2D eigenvalue weighted by Gasteiger charge is -2.08. The number of aromatic nitrogens is 1. The fraction of sp³-hybridized carbons (Fsp3) is 0.294. The van der Waals surface area contributed by atoms with E-state index >= 15 is 0 Å². The van der Waals surface area contributed by atoms with Gasteiger partial charge in [0.15, 0.2) is 9.84 Å². The number of hydrogen-bond acceptors (Lipinski definition) is 4. The average molecular weight is 399 g/mol. The van der Waals surface area contributed by atoms with Crippen molar-refractivity contribution in [3.63, 3.8) is 0 Å². The summed E-state index contributed by atoms with van der Waals surface area (Å²) in [6.45, 7) is -2.22. The van der Waals surface area contributed by atoms with Gasteiger partial charge in [0.2, 0.25) is 0 Å². The van der Waals surface area contributed by atoms with E-state index in [1.165, 1.54) is 23.9 Å². The molecule has 27 heavy (non-hydrogen) atoms. The largest absolute Gasteiger partial charge is 0.345 e. The van der Waals surface area contributed by atoms with Gasteiger partial charge in [0, 0.05) is 24.8 Å². The molecule has 0 spiro atoms. The van der Waals surface area contributed by atoms with Gasteiger partial charge in [0.05, 0.1) is 29.6 Å². The van der Waals surface area contributed by atoms with E-state index in [2.05, 4.69) is 5.32 Å². The molecular weight excluding hydrogens is 383 g/mol. The Morgan fingerprint density at radius 3 is 2.56 bits per heavy atom. The van der Waals surface area contributed by atoms with Crippen molar-refractivity contribution in [1.29, 1.82) is 5.26 Å². The number of carbonyl (C=O) groups excluding carboxylic acids is 1. The Bertz CT molecular complexity index is 993. The number of anilines is 1. The van der Waals surface area contributed by atoms with Crippen LogP contribution in [0.3, 0.4) is 0 Å². The molecule has 1 amide bonds. The summed E-state index contributed by atoms with van der Waals surface area (Å²) in [4.78, 5) is 12.1. The van der Waals surface area contributed by atoms with Crippen molar-refractivity contribution in [3.05, 3.63) is 47.5 Å². The molecule has 10 heteroatoms.